The molecular weight excluding hydrogens is 314 g/mol. The molecule has 6 heteroatoms. The van der Waals surface area contributed by atoms with E-state index in [2.05, 4.69) is 10.3 Å². The Labute approximate surface area is 141 Å². The molecule has 1 amide bonds. The Kier molecular flexibility index (Phi) is 5.96. The van der Waals surface area contributed by atoms with E-state index in [4.69, 9.17) is 10.5 Å². The van der Waals surface area contributed by atoms with E-state index in [1.807, 2.05) is 24.3 Å². The van der Waals surface area contributed by atoms with Gasteiger partial charge in [-0.05, 0) is 44.1 Å². The molecule has 23 heavy (non-hydrogen) atoms. The minimum Gasteiger partial charge on any atom is -0.474 e. The van der Waals surface area contributed by atoms with Crippen LogP contribution in [0.4, 0.5) is 0 Å². The molecule has 0 unspecified atom stereocenters. The third kappa shape index (κ3) is 4.43. The van der Waals surface area contributed by atoms with Crippen LogP contribution in [0.25, 0.3) is 11.3 Å². The number of nitrogens with two attached hydrogens (primary N) is 1. The number of nitrogens with one attached hydrogen (secondary N) is 1. The molecule has 122 valence electrons. The molecule has 1 saturated heterocycles. The van der Waals surface area contributed by atoms with E-state index < -0.39 is 5.91 Å². The number of halogens is 1. The quantitative estimate of drug-likeness (QED) is 0.900. The number of hydrogen-bond donors (Lipinski definition) is 2. The smallest absolute Gasteiger partial charge is 0.248 e. The monoisotopic (exact) mass is 333 g/mol. The molecule has 3 N–H and O–H groups in total. The highest BCUT2D eigenvalue weighted by Crippen LogP contribution is 2.22. The SMILES string of the molecule is Cl.NC(=O)c1cccc(-c2cccc(OC3CCNCC3)n2)c1. The number of amides is 1. The summed E-state index contributed by atoms with van der Waals surface area (Å²) in [7, 11) is 0. The molecule has 1 aliphatic heterocycles. The van der Waals surface area contributed by atoms with Gasteiger partial charge >= 0.3 is 0 Å². The van der Waals surface area contributed by atoms with Crippen LogP contribution in [-0.4, -0.2) is 30.1 Å². The van der Waals surface area contributed by atoms with E-state index in [9.17, 15) is 4.79 Å². The molecule has 1 aromatic carbocycles. The molecule has 2 aromatic rings. The van der Waals surface area contributed by atoms with Crippen molar-refractivity contribution in [2.24, 2.45) is 5.73 Å². The van der Waals surface area contributed by atoms with Gasteiger partial charge in [0.2, 0.25) is 11.8 Å². The van der Waals surface area contributed by atoms with Crippen LogP contribution in [0.5, 0.6) is 5.88 Å². The highest BCUT2D eigenvalue weighted by molar-refractivity contribution is 5.94. The van der Waals surface area contributed by atoms with Gasteiger partial charge < -0.3 is 15.8 Å². The van der Waals surface area contributed by atoms with Crippen molar-refractivity contribution in [1.82, 2.24) is 10.3 Å². The van der Waals surface area contributed by atoms with Gasteiger partial charge in [-0.1, -0.05) is 18.2 Å². The Bertz CT molecular complexity index is 672. The molecule has 3 rings (SSSR count). The lowest BCUT2D eigenvalue weighted by Crippen LogP contribution is -2.34. The van der Waals surface area contributed by atoms with Gasteiger partial charge in [-0.25, -0.2) is 4.98 Å². The molecule has 0 spiro atoms. The van der Waals surface area contributed by atoms with Gasteiger partial charge in [-0.2, -0.15) is 0 Å². The second-order valence-electron chi connectivity index (χ2n) is 5.37. The highest BCUT2D eigenvalue weighted by atomic mass is 35.5. The van der Waals surface area contributed by atoms with Crippen molar-refractivity contribution in [1.29, 1.82) is 0 Å². The summed E-state index contributed by atoms with van der Waals surface area (Å²) in [4.78, 5) is 15.8. The Morgan fingerprint density at radius 3 is 2.65 bits per heavy atom. The Balaban J connectivity index is 0.00000192. The number of rotatable bonds is 4. The lowest BCUT2D eigenvalue weighted by atomic mass is 10.1. The number of aromatic nitrogens is 1. The summed E-state index contributed by atoms with van der Waals surface area (Å²) in [6.07, 6.45) is 2.19. The fourth-order valence-electron chi connectivity index (χ4n) is 2.56. The third-order valence-electron chi connectivity index (χ3n) is 3.74. The molecule has 0 aliphatic carbocycles. The molecule has 1 aliphatic rings. The number of carbonyl (C=O) groups is 1. The second kappa shape index (κ2) is 7.94. The van der Waals surface area contributed by atoms with Gasteiger partial charge in [0.05, 0.1) is 5.69 Å². The fourth-order valence-corrected chi connectivity index (χ4v) is 2.56. The van der Waals surface area contributed by atoms with Gasteiger partial charge in [0.15, 0.2) is 0 Å². The molecule has 5 nitrogen and oxygen atoms in total. The number of hydrogen-bond acceptors (Lipinski definition) is 4. The standard InChI is InChI=1S/C17H19N3O2.ClH/c18-17(21)13-4-1-3-12(11-13)15-5-2-6-16(20-15)22-14-7-9-19-10-8-14;/h1-6,11,14,19H,7-10H2,(H2,18,21);1H. The zero-order chi connectivity index (χ0) is 15.4. The van der Waals surface area contributed by atoms with E-state index in [1.165, 1.54) is 0 Å². The summed E-state index contributed by atoms with van der Waals surface area (Å²) >= 11 is 0. The van der Waals surface area contributed by atoms with E-state index in [-0.39, 0.29) is 18.5 Å². The summed E-state index contributed by atoms with van der Waals surface area (Å²) in [5, 5.41) is 3.31. The molecule has 2 heterocycles. The number of ether oxygens (including phenoxy) is 1. The van der Waals surface area contributed by atoms with Crippen LogP contribution >= 0.6 is 12.4 Å². The van der Waals surface area contributed by atoms with Crippen LogP contribution in [0.15, 0.2) is 42.5 Å². The van der Waals surface area contributed by atoms with Crippen LogP contribution in [0, 0.1) is 0 Å². The topological polar surface area (TPSA) is 77.2 Å². The fraction of sp³-hybridized carbons (Fsp3) is 0.294. The first-order valence-electron chi connectivity index (χ1n) is 7.47. The van der Waals surface area contributed by atoms with E-state index >= 15 is 0 Å². The van der Waals surface area contributed by atoms with E-state index in [0.717, 1.165) is 37.2 Å². The van der Waals surface area contributed by atoms with E-state index in [1.54, 1.807) is 18.2 Å². The maximum absolute atomic E-state index is 11.3. The normalized spacial score (nSPS) is 14.8. The van der Waals surface area contributed by atoms with Crippen molar-refractivity contribution < 1.29 is 9.53 Å². The molecule has 0 saturated carbocycles. The summed E-state index contributed by atoms with van der Waals surface area (Å²) in [5.74, 6) is 0.179. The lowest BCUT2D eigenvalue weighted by molar-refractivity contribution is 0.100. The second-order valence-corrected chi connectivity index (χ2v) is 5.37. The van der Waals surface area contributed by atoms with Gasteiger partial charge in [0, 0.05) is 17.2 Å². The molecule has 0 bridgehead atoms. The first kappa shape index (κ1) is 17.2. The van der Waals surface area contributed by atoms with Gasteiger partial charge in [-0.3, -0.25) is 4.79 Å². The predicted molar refractivity (Wildman–Crippen MR) is 92.0 cm³/mol. The number of primary amides is 1. The van der Waals surface area contributed by atoms with Crippen LogP contribution in [0.3, 0.4) is 0 Å². The van der Waals surface area contributed by atoms with Crippen LogP contribution in [-0.2, 0) is 0 Å². The van der Waals surface area contributed by atoms with Crippen LogP contribution < -0.4 is 15.8 Å². The predicted octanol–water partition coefficient (Wildman–Crippen LogP) is 2.40. The molecule has 1 fully saturated rings. The van der Waals surface area contributed by atoms with E-state index in [0.29, 0.717) is 11.4 Å². The minimum atomic E-state index is -0.441. The van der Waals surface area contributed by atoms with Crippen molar-refractivity contribution in [2.45, 2.75) is 18.9 Å². The molecule has 0 radical (unpaired) electrons. The summed E-state index contributed by atoms with van der Waals surface area (Å²) < 4.78 is 5.95. The van der Waals surface area contributed by atoms with Crippen molar-refractivity contribution in [2.75, 3.05) is 13.1 Å². The Hall–Kier alpha value is -2.11. The first-order chi connectivity index (χ1) is 10.7. The van der Waals surface area contributed by atoms with Gasteiger partial charge in [0.25, 0.3) is 0 Å². The highest BCUT2D eigenvalue weighted by Gasteiger charge is 2.15. The first-order valence-corrected chi connectivity index (χ1v) is 7.47. The third-order valence-corrected chi connectivity index (χ3v) is 3.74. The average Bonchev–Trinajstić information content (AvgIpc) is 2.56. The summed E-state index contributed by atoms with van der Waals surface area (Å²) in [5.41, 5.74) is 7.43. The van der Waals surface area contributed by atoms with Crippen LogP contribution in [0.2, 0.25) is 0 Å². The number of nitrogens with zero attached hydrogens (tertiary/aromatic N) is 1. The van der Waals surface area contributed by atoms with Gasteiger partial charge in [-0.15, -0.1) is 12.4 Å². The van der Waals surface area contributed by atoms with Crippen molar-refractivity contribution >= 4 is 18.3 Å². The largest absolute Gasteiger partial charge is 0.474 e. The molecule has 0 atom stereocenters. The zero-order valence-corrected chi connectivity index (χ0v) is 13.5. The number of carbonyl (C=O) groups excluding carboxylic acids is 1. The van der Waals surface area contributed by atoms with Crippen LogP contribution in [0.1, 0.15) is 23.2 Å². The number of pyridine rings is 1. The maximum Gasteiger partial charge on any atom is 0.248 e. The average molecular weight is 334 g/mol. The minimum absolute atomic E-state index is 0. The number of piperidine rings is 1. The van der Waals surface area contributed by atoms with Gasteiger partial charge in [0.1, 0.15) is 6.10 Å². The molecule has 1 aromatic heterocycles. The Morgan fingerprint density at radius 1 is 1.17 bits per heavy atom. The summed E-state index contributed by atoms with van der Waals surface area (Å²) in [6, 6.07) is 12.8. The van der Waals surface area contributed by atoms with Crippen molar-refractivity contribution in [3.8, 4) is 17.1 Å². The maximum atomic E-state index is 11.3. The number of benzene rings is 1. The van der Waals surface area contributed by atoms with Crippen molar-refractivity contribution in [3.63, 3.8) is 0 Å². The molecular formula is C17H20ClN3O2. The van der Waals surface area contributed by atoms with Crippen molar-refractivity contribution in [3.05, 3.63) is 48.0 Å². The zero-order valence-electron chi connectivity index (χ0n) is 12.7. The lowest BCUT2D eigenvalue weighted by Gasteiger charge is -2.23. The Morgan fingerprint density at radius 2 is 1.91 bits per heavy atom. The summed E-state index contributed by atoms with van der Waals surface area (Å²) in [6.45, 7) is 1.95.